The minimum atomic E-state index is -0.644. The number of hydrogen-bond donors (Lipinski definition) is 2. The van der Waals surface area contributed by atoms with E-state index in [1.165, 1.54) is 12.1 Å². The number of aromatic nitrogens is 1. The molecule has 3 aromatic carbocycles. The van der Waals surface area contributed by atoms with Gasteiger partial charge in [-0.25, -0.2) is 9.23 Å². The molecule has 0 unspecified atom stereocenters. The Bertz CT molecular complexity index is 1530. The molecule has 0 radical (unpaired) electrons. The molecular formula is C29H27FN4O5. The molecule has 0 fully saturated rings. The average Bonchev–Trinajstić information content (AvgIpc) is 2.95. The number of amides is 1. The first-order valence-electron chi connectivity index (χ1n) is 12.3. The van der Waals surface area contributed by atoms with Crippen LogP contribution in [0, 0.1) is 5.82 Å². The second-order valence-electron chi connectivity index (χ2n) is 8.69. The first-order valence-corrected chi connectivity index (χ1v) is 12.3. The van der Waals surface area contributed by atoms with Crippen molar-refractivity contribution in [3.63, 3.8) is 0 Å². The Hall–Kier alpha value is -4.67. The lowest BCUT2D eigenvalue weighted by Gasteiger charge is -2.41. The van der Waals surface area contributed by atoms with Gasteiger partial charge in [-0.3, -0.25) is 14.8 Å². The Balaban J connectivity index is 1.33. The van der Waals surface area contributed by atoms with E-state index in [9.17, 15) is 9.90 Å². The highest BCUT2D eigenvalue weighted by atomic mass is 19.1. The van der Waals surface area contributed by atoms with Crippen LogP contribution in [0.3, 0.4) is 0 Å². The second-order valence-corrected chi connectivity index (χ2v) is 8.69. The van der Waals surface area contributed by atoms with Crippen LogP contribution in [0.2, 0.25) is 0 Å². The standard InChI is InChI=1S/C29H27FN4O5/c1-19-24(18-38-34(33(19)14-15-35)21-6-4-3-5-7-21)29(36)32-20-8-11-28(25(30)16-20)39-27-12-13-31-26-17-22(37-2)9-10-23(26)27/h3-13,16-17,35H,14-15,18H2,1-2H3,(H,32,36). The van der Waals surface area contributed by atoms with Crippen molar-refractivity contribution in [2.45, 2.75) is 6.92 Å². The van der Waals surface area contributed by atoms with Gasteiger partial charge >= 0.3 is 0 Å². The highest BCUT2D eigenvalue weighted by Crippen LogP contribution is 2.33. The molecule has 4 aromatic rings. The molecule has 1 amide bonds. The lowest BCUT2D eigenvalue weighted by atomic mass is 10.1. The summed E-state index contributed by atoms with van der Waals surface area (Å²) in [5.41, 5.74) is 2.63. The van der Waals surface area contributed by atoms with E-state index in [1.807, 2.05) is 30.3 Å². The maximum atomic E-state index is 15.0. The van der Waals surface area contributed by atoms with Crippen molar-refractivity contribution in [1.82, 2.24) is 9.99 Å². The van der Waals surface area contributed by atoms with E-state index in [0.29, 0.717) is 33.7 Å². The number of benzene rings is 3. The Morgan fingerprint density at radius 1 is 1.10 bits per heavy atom. The lowest BCUT2D eigenvalue weighted by Crippen LogP contribution is -2.48. The number of fused-ring (bicyclic) bond motifs is 1. The van der Waals surface area contributed by atoms with Crippen LogP contribution in [0.5, 0.6) is 17.2 Å². The molecule has 0 saturated heterocycles. The summed E-state index contributed by atoms with van der Waals surface area (Å²) in [6.07, 6.45) is 1.57. The minimum absolute atomic E-state index is 0.000312. The second kappa shape index (κ2) is 11.4. The van der Waals surface area contributed by atoms with Gasteiger partial charge in [0.25, 0.3) is 5.91 Å². The number of ether oxygens (including phenoxy) is 2. The van der Waals surface area contributed by atoms with E-state index in [2.05, 4.69) is 10.3 Å². The normalized spacial score (nSPS) is 13.5. The number of hydrazine groups is 1. The van der Waals surface area contributed by atoms with Gasteiger partial charge in [0.1, 0.15) is 18.1 Å². The number of methoxy groups -OCH3 is 1. The molecule has 5 rings (SSSR count). The smallest absolute Gasteiger partial charge is 0.255 e. The fraction of sp³-hybridized carbons (Fsp3) is 0.172. The first kappa shape index (κ1) is 26.0. The van der Waals surface area contributed by atoms with Crippen LogP contribution in [-0.4, -0.2) is 47.9 Å². The third-order valence-electron chi connectivity index (χ3n) is 6.26. The number of carbonyl (C=O) groups excluding carboxylic acids is 1. The van der Waals surface area contributed by atoms with Gasteiger partial charge in [0.15, 0.2) is 11.6 Å². The Morgan fingerprint density at radius 3 is 2.67 bits per heavy atom. The summed E-state index contributed by atoms with van der Waals surface area (Å²) in [5.74, 6) is 0.00415. The molecule has 1 aromatic heterocycles. The number of anilines is 2. The zero-order chi connectivity index (χ0) is 27.4. The number of aliphatic hydroxyl groups excluding tert-OH is 1. The van der Waals surface area contributed by atoms with Crippen molar-refractivity contribution in [1.29, 1.82) is 0 Å². The number of carbonyl (C=O) groups is 1. The van der Waals surface area contributed by atoms with E-state index in [0.717, 1.165) is 5.69 Å². The number of nitrogens with zero attached hydrogens (tertiary/aromatic N) is 3. The van der Waals surface area contributed by atoms with Gasteiger partial charge in [-0.05, 0) is 49.4 Å². The molecule has 1 aliphatic heterocycles. The largest absolute Gasteiger partial charge is 0.497 e. The van der Waals surface area contributed by atoms with Crippen molar-refractivity contribution >= 4 is 28.2 Å². The van der Waals surface area contributed by atoms with E-state index in [1.54, 1.807) is 60.7 Å². The number of halogens is 1. The maximum absolute atomic E-state index is 15.0. The van der Waals surface area contributed by atoms with E-state index >= 15 is 4.39 Å². The predicted octanol–water partition coefficient (Wildman–Crippen LogP) is 5.05. The number of allylic oxidation sites excluding steroid dienone is 1. The summed E-state index contributed by atoms with van der Waals surface area (Å²) in [7, 11) is 1.57. The third kappa shape index (κ3) is 5.47. The van der Waals surface area contributed by atoms with Crippen LogP contribution in [0.15, 0.2) is 90.3 Å². The molecule has 1 aliphatic rings. The maximum Gasteiger partial charge on any atom is 0.255 e. The molecule has 2 heterocycles. The highest BCUT2D eigenvalue weighted by molar-refractivity contribution is 6.04. The molecule has 0 saturated carbocycles. The first-order chi connectivity index (χ1) is 19.0. The Kier molecular flexibility index (Phi) is 7.57. The van der Waals surface area contributed by atoms with Gasteiger partial charge in [0.2, 0.25) is 0 Å². The van der Waals surface area contributed by atoms with Gasteiger partial charge in [-0.1, -0.05) is 18.2 Å². The van der Waals surface area contributed by atoms with Crippen LogP contribution < -0.4 is 20.0 Å². The number of pyridine rings is 1. The lowest BCUT2D eigenvalue weighted by molar-refractivity contribution is -0.114. The van der Waals surface area contributed by atoms with Crippen LogP contribution in [-0.2, 0) is 9.63 Å². The highest BCUT2D eigenvalue weighted by Gasteiger charge is 2.29. The Morgan fingerprint density at radius 2 is 1.92 bits per heavy atom. The fourth-order valence-electron chi connectivity index (χ4n) is 4.25. The predicted molar refractivity (Wildman–Crippen MR) is 145 cm³/mol. The van der Waals surface area contributed by atoms with Gasteiger partial charge in [-0.15, -0.1) is 0 Å². The van der Waals surface area contributed by atoms with Crippen LogP contribution in [0.1, 0.15) is 6.92 Å². The molecule has 39 heavy (non-hydrogen) atoms. The fourth-order valence-corrected chi connectivity index (χ4v) is 4.25. The summed E-state index contributed by atoms with van der Waals surface area (Å²) in [5, 5.41) is 16.3. The molecule has 0 bridgehead atoms. The third-order valence-corrected chi connectivity index (χ3v) is 6.26. The molecule has 0 atom stereocenters. The van der Waals surface area contributed by atoms with Gasteiger partial charge in [-0.2, -0.15) is 5.17 Å². The monoisotopic (exact) mass is 530 g/mol. The van der Waals surface area contributed by atoms with E-state index < -0.39 is 11.7 Å². The number of nitrogens with one attached hydrogen (secondary N) is 1. The van der Waals surface area contributed by atoms with Crippen LogP contribution >= 0.6 is 0 Å². The summed E-state index contributed by atoms with van der Waals surface area (Å²) >= 11 is 0. The van der Waals surface area contributed by atoms with E-state index in [4.69, 9.17) is 14.3 Å². The van der Waals surface area contributed by atoms with Crippen molar-refractivity contribution in [3.05, 3.63) is 96.1 Å². The van der Waals surface area contributed by atoms with Crippen molar-refractivity contribution in [2.24, 2.45) is 0 Å². The van der Waals surface area contributed by atoms with Crippen molar-refractivity contribution in [3.8, 4) is 17.2 Å². The van der Waals surface area contributed by atoms with Crippen LogP contribution in [0.25, 0.3) is 10.9 Å². The van der Waals surface area contributed by atoms with Crippen LogP contribution in [0.4, 0.5) is 15.8 Å². The zero-order valence-corrected chi connectivity index (χ0v) is 21.4. The van der Waals surface area contributed by atoms with Crippen molar-refractivity contribution < 1.29 is 28.6 Å². The molecular weight excluding hydrogens is 503 g/mol. The molecule has 200 valence electrons. The summed E-state index contributed by atoms with van der Waals surface area (Å²) in [6.45, 7) is 1.84. The van der Waals surface area contributed by atoms with Gasteiger partial charge < -0.3 is 19.9 Å². The zero-order valence-electron chi connectivity index (χ0n) is 21.4. The Labute approximate surface area is 224 Å². The number of para-hydroxylation sites is 1. The number of β-amino-alcohol motifs (C(OH)–C–C–N with tert-alkyl or cyclic N) is 1. The molecule has 0 spiro atoms. The van der Waals surface area contributed by atoms with Crippen molar-refractivity contribution in [2.75, 3.05) is 37.4 Å². The minimum Gasteiger partial charge on any atom is -0.497 e. The van der Waals surface area contributed by atoms with Gasteiger partial charge in [0, 0.05) is 35.1 Å². The summed E-state index contributed by atoms with van der Waals surface area (Å²) < 4.78 is 26.1. The number of rotatable bonds is 8. The number of aliphatic hydroxyl groups is 1. The number of hydrogen-bond acceptors (Lipinski definition) is 8. The molecule has 0 aliphatic carbocycles. The topological polar surface area (TPSA) is 96.4 Å². The van der Waals surface area contributed by atoms with Gasteiger partial charge in [0.05, 0.1) is 37.0 Å². The molecule has 9 nitrogen and oxygen atoms in total. The SMILES string of the molecule is COc1ccc2c(Oc3ccc(NC(=O)C4=C(C)N(CCO)N(c5ccccc5)OC4)cc3F)ccnc2c1. The van der Waals surface area contributed by atoms with E-state index in [-0.39, 0.29) is 31.2 Å². The molecule has 2 N–H and O–H groups in total. The summed E-state index contributed by atoms with van der Waals surface area (Å²) in [4.78, 5) is 23.3. The quantitative estimate of drug-likeness (QED) is 0.327. The summed E-state index contributed by atoms with van der Waals surface area (Å²) in [6, 6.07) is 20.5. The average molecular weight is 531 g/mol. The molecule has 10 heteroatoms.